The Morgan fingerprint density at radius 2 is 2.12 bits per heavy atom. The summed E-state index contributed by atoms with van der Waals surface area (Å²) >= 11 is 0. The van der Waals surface area contributed by atoms with Crippen LogP contribution in [0.4, 0.5) is 0 Å². The van der Waals surface area contributed by atoms with Crippen molar-refractivity contribution in [1.82, 2.24) is 15.0 Å². The number of methoxy groups -OCH3 is 1. The van der Waals surface area contributed by atoms with Crippen molar-refractivity contribution in [2.75, 3.05) is 33.4 Å². The highest BCUT2D eigenvalue weighted by Gasteiger charge is 2.40. The van der Waals surface area contributed by atoms with Crippen molar-refractivity contribution in [2.24, 2.45) is 0 Å². The zero-order valence-corrected chi connectivity index (χ0v) is 13.9. The molecular weight excluding hydrogens is 326 g/mol. The molecule has 1 aromatic heterocycles. The van der Waals surface area contributed by atoms with Crippen molar-refractivity contribution in [3.8, 4) is 11.5 Å². The number of likely N-dealkylation sites (tertiary alicyclic amines) is 1. The predicted octanol–water partition coefficient (Wildman–Crippen LogP) is 1.02. The molecule has 1 saturated heterocycles. The largest absolute Gasteiger partial charge is 0.485 e. The van der Waals surface area contributed by atoms with Crippen LogP contribution in [0.2, 0.25) is 0 Å². The normalized spacial score (nSPS) is 19.6. The summed E-state index contributed by atoms with van der Waals surface area (Å²) < 4.78 is 21.6. The van der Waals surface area contributed by atoms with Gasteiger partial charge in [0.05, 0.1) is 12.5 Å². The van der Waals surface area contributed by atoms with Crippen molar-refractivity contribution in [1.29, 1.82) is 0 Å². The first-order valence-corrected chi connectivity index (χ1v) is 8.23. The summed E-state index contributed by atoms with van der Waals surface area (Å²) in [5, 5.41) is 3.93. The number of rotatable bonds is 5. The zero-order chi connectivity index (χ0) is 17.2. The van der Waals surface area contributed by atoms with Gasteiger partial charge >= 0.3 is 0 Å². The third-order valence-electron chi connectivity index (χ3n) is 4.34. The standard InChI is InChI=1S/C17H19N3O5/c1-22-7-6-15-18-16(25-19-15)11-8-20(9-11)17(21)14-10-23-12-4-2-3-5-13(12)24-14/h2-5,11,14H,6-10H2,1H3. The van der Waals surface area contributed by atoms with Gasteiger partial charge in [-0.3, -0.25) is 4.79 Å². The van der Waals surface area contributed by atoms with Crippen LogP contribution in [0.3, 0.4) is 0 Å². The Labute approximate surface area is 144 Å². The molecule has 4 rings (SSSR count). The molecular formula is C17H19N3O5. The molecule has 3 heterocycles. The van der Waals surface area contributed by atoms with Gasteiger partial charge < -0.3 is 23.6 Å². The molecule has 0 radical (unpaired) electrons. The predicted molar refractivity (Wildman–Crippen MR) is 85.6 cm³/mol. The first-order chi connectivity index (χ1) is 12.2. The summed E-state index contributed by atoms with van der Waals surface area (Å²) in [6, 6.07) is 7.35. The lowest BCUT2D eigenvalue weighted by molar-refractivity contribution is -0.146. The van der Waals surface area contributed by atoms with E-state index < -0.39 is 6.10 Å². The van der Waals surface area contributed by atoms with Gasteiger partial charge in [-0.05, 0) is 12.1 Å². The van der Waals surface area contributed by atoms with E-state index in [1.165, 1.54) is 0 Å². The maximum Gasteiger partial charge on any atom is 0.267 e. The number of aromatic nitrogens is 2. The van der Waals surface area contributed by atoms with Gasteiger partial charge in [-0.25, -0.2) is 0 Å². The molecule has 132 valence electrons. The summed E-state index contributed by atoms with van der Waals surface area (Å²) in [6.07, 6.45) is -0.00188. The first kappa shape index (κ1) is 15.9. The highest BCUT2D eigenvalue weighted by molar-refractivity contribution is 5.82. The minimum absolute atomic E-state index is 0.0736. The van der Waals surface area contributed by atoms with Crippen LogP contribution in [0.1, 0.15) is 17.6 Å². The molecule has 1 amide bonds. The summed E-state index contributed by atoms with van der Waals surface area (Å²) in [6.45, 7) is 1.87. The van der Waals surface area contributed by atoms with Crippen LogP contribution in [0, 0.1) is 0 Å². The first-order valence-electron chi connectivity index (χ1n) is 8.23. The van der Waals surface area contributed by atoms with Crippen molar-refractivity contribution in [3.63, 3.8) is 0 Å². The van der Waals surface area contributed by atoms with E-state index in [-0.39, 0.29) is 18.4 Å². The molecule has 0 N–H and O–H groups in total. The van der Waals surface area contributed by atoms with E-state index in [0.29, 0.717) is 49.3 Å². The smallest absolute Gasteiger partial charge is 0.267 e. The van der Waals surface area contributed by atoms with Gasteiger partial charge in [-0.15, -0.1) is 0 Å². The molecule has 25 heavy (non-hydrogen) atoms. The monoisotopic (exact) mass is 345 g/mol. The second kappa shape index (κ2) is 6.72. The third-order valence-corrected chi connectivity index (χ3v) is 4.34. The zero-order valence-electron chi connectivity index (χ0n) is 13.9. The van der Waals surface area contributed by atoms with Crippen LogP contribution < -0.4 is 9.47 Å². The summed E-state index contributed by atoms with van der Waals surface area (Å²) in [5.74, 6) is 2.46. The molecule has 1 aromatic carbocycles. The van der Waals surface area contributed by atoms with Gasteiger partial charge in [0.25, 0.3) is 5.91 Å². The molecule has 0 aliphatic carbocycles. The Morgan fingerprint density at radius 1 is 1.32 bits per heavy atom. The molecule has 8 nitrogen and oxygen atoms in total. The number of nitrogens with zero attached hydrogens (tertiary/aromatic N) is 3. The number of carbonyl (C=O) groups excluding carboxylic acids is 1. The van der Waals surface area contributed by atoms with E-state index >= 15 is 0 Å². The van der Waals surface area contributed by atoms with Crippen LogP contribution in [0.5, 0.6) is 11.5 Å². The number of hydrogen-bond acceptors (Lipinski definition) is 7. The highest BCUT2D eigenvalue weighted by Crippen LogP contribution is 2.33. The van der Waals surface area contributed by atoms with Crippen molar-refractivity contribution in [2.45, 2.75) is 18.4 Å². The fraction of sp³-hybridized carbons (Fsp3) is 0.471. The van der Waals surface area contributed by atoms with Crippen molar-refractivity contribution >= 4 is 5.91 Å². The maximum absolute atomic E-state index is 12.6. The van der Waals surface area contributed by atoms with Crippen LogP contribution in [0.25, 0.3) is 0 Å². The average molecular weight is 345 g/mol. The molecule has 0 bridgehead atoms. The van der Waals surface area contributed by atoms with Gasteiger partial charge in [-0.1, -0.05) is 17.3 Å². The van der Waals surface area contributed by atoms with Gasteiger partial charge in [0.15, 0.2) is 17.3 Å². The Bertz CT molecular complexity index is 756. The van der Waals surface area contributed by atoms with E-state index in [2.05, 4.69) is 10.1 Å². The lowest BCUT2D eigenvalue weighted by Gasteiger charge is -2.39. The number of carbonyl (C=O) groups is 1. The maximum atomic E-state index is 12.6. The molecule has 1 atom stereocenters. The molecule has 8 heteroatoms. The number of fused-ring (bicyclic) bond motifs is 1. The van der Waals surface area contributed by atoms with Crippen molar-refractivity contribution in [3.05, 3.63) is 36.0 Å². The lowest BCUT2D eigenvalue weighted by atomic mass is 9.99. The van der Waals surface area contributed by atoms with Crippen LogP contribution in [-0.2, 0) is 16.0 Å². The Morgan fingerprint density at radius 3 is 2.92 bits per heavy atom. The number of ether oxygens (including phenoxy) is 3. The average Bonchev–Trinajstić information content (AvgIpc) is 3.06. The fourth-order valence-electron chi connectivity index (χ4n) is 2.89. The van der Waals surface area contributed by atoms with Crippen LogP contribution in [-0.4, -0.2) is 60.5 Å². The van der Waals surface area contributed by atoms with Gasteiger partial charge in [0, 0.05) is 26.6 Å². The second-order valence-electron chi connectivity index (χ2n) is 6.10. The molecule has 2 aromatic rings. The van der Waals surface area contributed by atoms with Gasteiger partial charge in [0.2, 0.25) is 12.0 Å². The quantitative estimate of drug-likeness (QED) is 0.800. The number of para-hydroxylation sites is 2. The van der Waals surface area contributed by atoms with Gasteiger partial charge in [0.1, 0.15) is 6.61 Å². The van der Waals surface area contributed by atoms with Gasteiger partial charge in [-0.2, -0.15) is 4.98 Å². The molecule has 2 aliphatic rings. The Hall–Kier alpha value is -2.61. The Balaban J connectivity index is 1.32. The van der Waals surface area contributed by atoms with E-state index in [1.807, 2.05) is 18.2 Å². The SMILES string of the molecule is COCCc1noc(C2CN(C(=O)C3COc4ccccc4O3)C2)n1. The van der Waals surface area contributed by atoms with E-state index in [0.717, 1.165) is 0 Å². The summed E-state index contributed by atoms with van der Waals surface area (Å²) in [5.41, 5.74) is 0. The summed E-state index contributed by atoms with van der Waals surface area (Å²) in [4.78, 5) is 18.6. The van der Waals surface area contributed by atoms with E-state index in [4.69, 9.17) is 18.7 Å². The molecule has 1 unspecified atom stereocenters. The van der Waals surface area contributed by atoms with Crippen LogP contribution >= 0.6 is 0 Å². The molecule has 0 spiro atoms. The number of hydrogen-bond donors (Lipinski definition) is 0. The third kappa shape index (κ3) is 3.17. The minimum Gasteiger partial charge on any atom is -0.485 e. The minimum atomic E-state index is -0.615. The highest BCUT2D eigenvalue weighted by atomic mass is 16.6. The Kier molecular flexibility index (Phi) is 4.27. The molecule has 0 saturated carbocycles. The van der Waals surface area contributed by atoms with E-state index in [9.17, 15) is 4.79 Å². The summed E-state index contributed by atoms with van der Waals surface area (Å²) in [7, 11) is 1.63. The van der Waals surface area contributed by atoms with Crippen molar-refractivity contribution < 1.29 is 23.5 Å². The second-order valence-corrected chi connectivity index (χ2v) is 6.10. The number of benzene rings is 1. The van der Waals surface area contributed by atoms with E-state index in [1.54, 1.807) is 18.1 Å². The topological polar surface area (TPSA) is 86.9 Å². The number of amides is 1. The van der Waals surface area contributed by atoms with Crippen LogP contribution in [0.15, 0.2) is 28.8 Å². The lowest BCUT2D eigenvalue weighted by Crippen LogP contribution is -2.55. The molecule has 2 aliphatic heterocycles. The molecule has 1 fully saturated rings. The fourth-order valence-corrected chi connectivity index (χ4v) is 2.89.